The Bertz CT molecular complexity index is 693. The van der Waals surface area contributed by atoms with E-state index in [1.165, 1.54) is 0 Å². The Balaban J connectivity index is 1.52. The standard InChI is InChI=1S/C22H30N2O3/c1-3-14-24-17-22(11-10-21(24)26)12-15-23(16-13-22)20(25)9-8-18-6-4-5-7-19(18)27-2/h3-7H,1,8-17H2,2H3. The summed E-state index contributed by atoms with van der Waals surface area (Å²) in [6.45, 7) is 6.78. The molecular formula is C22H30N2O3. The molecule has 3 rings (SSSR count). The van der Waals surface area contributed by atoms with Crippen LogP contribution in [0.5, 0.6) is 5.75 Å². The number of carbonyl (C=O) groups is 2. The first-order valence-electron chi connectivity index (χ1n) is 9.85. The SMILES string of the molecule is C=CCN1CC2(CCC1=O)CCN(C(=O)CCc1ccccc1OC)CC2. The van der Waals surface area contributed by atoms with Crippen molar-refractivity contribution in [3.8, 4) is 5.75 Å². The molecule has 0 unspecified atom stereocenters. The molecule has 0 radical (unpaired) electrons. The monoisotopic (exact) mass is 370 g/mol. The third-order valence-electron chi connectivity index (χ3n) is 6.08. The molecule has 5 nitrogen and oxygen atoms in total. The van der Waals surface area contributed by atoms with E-state index in [1.54, 1.807) is 13.2 Å². The maximum Gasteiger partial charge on any atom is 0.222 e. The largest absolute Gasteiger partial charge is 0.496 e. The Morgan fingerprint density at radius 1 is 1.26 bits per heavy atom. The van der Waals surface area contributed by atoms with Gasteiger partial charge in [0.2, 0.25) is 11.8 Å². The van der Waals surface area contributed by atoms with Gasteiger partial charge in [-0.3, -0.25) is 9.59 Å². The molecule has 0 bridgehead atoms. The number of hydrogen-bond donors (Lipinski definition) is 0. The molecule has 0 N–H and O–H groups in total. The van der Waals surface area contributed by atoms with E-state index in [0.29, 0.717) is 25.8 Å². The van der Waals surface area contributed by atoms with Gasteiger partial charge >= 0.3 is 0 Å². The van der Waals surface area contributed by atoms with E-state index < -0.39 is 0 Å². The molecule has 2 aliphatic heterocycles. The van der Waals surface area contributed by atoms with Gasteiger partial charge in [-0.25, -0.2) is 0 Å². The second-order valence-electron chi connectivity index (χ2n) is 7.76. The minimum absolute atomic E-state index is 0.177. The van der Waals surface area contributed by atoms with Gasteiger partial charge in [-0.15, -0.1) is 6.58 Å². The van der Waals surface area contributed by atoms with E-state index in [4.69, 9.17) is 4.74 Å². The van der Waals surface area contributed by atoms with Gasteiger partial charge in [0.15, 0.2) is 0 Å². The first-order valence-corrected chi connectivity index (χ1v) is 9.85. The second-order valence-corrected chi connectivity index (χ2v) is 7.76. The lowest BCUT2D eigenvalue weighted by Gasteiger charge is -2.47. The summed E-state index contributed by atoms with van der Waals surface area (Å²) in [5.41, 5.74) is 1.25. The zero-order valence-electron chi connectivity index (χ0n) is 16.3. The van der Waals surface area contributed by atoms with Crippen LogP contribution in [0.25, 0.3) is 0 Å². The van der Waals surface area contributed by atoms with Gasteiger partial charge in [0.1, 0.15) is 5.75 Å². The predicted molar refractivity (Wildman–Crippen MR) is 106 cm³/mol. The fourth-order valence-corrected chi connectivity index (χ4v) is 4.37. The molecule has 5 heteroatoms. The number of amides is 2. The molecule has 0 aromatic heterocycles. The fourth-order valence-electron chi connectivity index (χ4n) is 4.37. The van der Waals surface area contributed by atoms with Gasteiger partial charge in [-0.05, 0) is 42.7 Å². The highest BCUT2D eigenvalue weighted by Gasteiger charge is 2.41. The van der Waals surface area contributed by atoms with Crippen molar-refractivity contribution in [2.75, 3.05) is 33.3 Å². The Hall–Kier alpha value is -2.30. The van der Waals surface area contributed by atoms with Crippen molar-refractivity contribution in [1.82, 2.24) is 9.80 Å². The molecule has 2 heterocycles. The summed E-state index contributed by atoms with van der Waals surface area (Å²) >= 11 is 0. The third-order valence-corrected chi connectivity index (χ3v) is 6.08. The molecule has 2 saturated heterocycles. The maximum atomic E-state index is 12.7. The Kier molecular flexibility index (Phi) is 6.19. The molecule has 27 heavy (non-hydrogen) atoms. The fraction of sp³-hybridized carbons (Fsp3) is 0.545. The Labute approximate surface area is 162 Å². The van der Waals surface area contributed by atoms with Crippen LogP contribution in [0.2, 0.25) is 0 Å². The van der Waals surface area contributed by atoms with Crippen LogP contribution in [-0.2, 0) is 16.0 Å². The summed E-state index contributed by atoms with van der Waals surface area (Å²) in [6, 6.07) is 7.87. The molecule has 1 spiro atoms. The van der Waals surface area contributed by atoms with Crippen LogP contribution < -0.4 is 4.74 Å². The number of para-hydroxylation sites is 1. The van der Waals surface area contributed by atoms with E-state index in [9.17, 15) is 9.59 Å². The number of aryl methyl sites for hydroxylation is 1. The first kappa shape index (κ1) is 19.5. The van der Waals surface area contributed by atoms with E-state index in [1.807, 2.05) is 34.1 Å². The van der Waals surface area contributed by atoms with E-state index in [-0.39, 0.29) is 17.2 Å². The van der Waals surface area contributed by atoms with E-state index in [0.717, 1.165) is 50.2 Å². The van der Waals surface area contributed by atoms with Crippen LogP contribution in [0.3, 0.4) is 0 Å². The van der Waals surface area contributed by atoms with E-state index >= 15 is 0 Å². The minimum Gasteiger partial charge on any atom is -0.496 e. The van der Waals surface area contributed by atoms with Gasteiger partial charge in [0, 0.05) is 39.0 Å². The number of methoxy groups -OCH3 is 1. The smallest absolute Gasteiger partial charge is 0.222 e. The van der Waals surface area contributed by atoms with Crippen LogP contribution in [0.4, 0.5) is 0 Å². The van der Waals surface area contributed by atoms with Crippen molar-refractivity contribution in [2.24, 2.45) is 5.41 Å². The number of ether oxygens (including phenoxy) is 1. The average molecular weight is 370 g/mol. The minimum atomic E-state index is 0.177. The molecule has 2 amide bonds. The van der Waals surface area contributed by atoms with Gasteiger partial charge in [-0.2, -0.15) is 0 Å². The van der Waals surface area contributed by atoms with Crippen molar-refractivity contribution >= 4 is 11.8 Å². The van der Waals surface area contributed by atoms with Crippen LogP contribution >= 0.6 is 0 Å². The lowest BCUT2D eigenvalue weighted by molar-refractivity contribution is -0.141. The molecule has 1 aromatic rings. The molecule has 2 fully saturated rings. The van der Waals surface area contributed by atoms with Gasteiger partial charge in [0.05, 0.1) is 7.11 Å². The van der Waals surface area contributed by atoms with Crippen LogP contribution in [-0.4, -0.2) is 54.9 Å². The Morgan fingerprint density at radius 3 is 2.70 bits per heavy atom. The summed E-state index contributed by atoms with van der Waals surface area (Å²) in [4.78, 5) is 28.6. The topological polar surface area (TPSA) is 49.9 Å². The lowest BCUT2D eigenvalue weighted by atomic mass is 9.72. The average Bonchev–Trinajstić information content (AvgIpc) is 2.70. The predicted octanol–water partition coefficient (Wildman–Crippen LogP) is 3.05. The summed E-state index contributed by atoms with van der Waals surface area (Å²) in [6.07, 6.45) is 6.54. The van der Waals surface area contributed by atoms with E-state index in [2.05, 4.69) is 6.58 Å². The third kappa shape index (κ3) is 4.52. The van der Waals surface area contributed by atoms with Crippen molar-refractivity contribution in [1.29, 1.82) is 0 Å². The molecule has 0 atom stereocenters. The quantitative estimate of drug-likeness (QED) is 0.723. The number of nitrogens with zero attached hydrogens (tertiary/aromatic N) is 2. The number of benzene rings is 1. The number of hydrogen-bond acceptors (Lipinski definition) is 3. The van der Waals surface area contributed by atoms with Gasteiger partial charge < -0.3 is 14.5 Å². The summed E-state index contributed by atoms with van der Waals surface area (Å²) in [5, 5.41) is 0. The number of likely N-dealkylation sites (tertiary alicyclic amines) is 2. The molecular weight excluding hydrogens is 340 g/mol. The number of rotatable bonds is 6. The van der Waals surface area contributed by atoms with Crippen LogP contribution in [0, 0.1) is 5.41 Å². The maximum absolute atomic E-state index is 12.7. The molecule has 1 aromatic carbocycles. The second kappa shape index (κ2) is 8.59. The van der Waals surface area contributed by atoms with Crippen molar-refractivity contribution < 1.29 is 14.3 Å². The van der Waals surface area contributed by atoms with Crippen molar-refractivity contribution in [3.63, 3.8) is 0 Å². The highest BCUT2D eigenvalue weighted by Crippen LogP contribution is 2.40. The van der Waals surface area contributed by atoms with Crippen molar-refractivity contribution in [3.05, 3.63) is 42.5 Å². The molecule has 146 valence electrons. The first-order chi connectivity index (χ1) is 13.1. The molecule has 0 saturated carbocycles. The lowest BCUT2D eigenvalue weighted by Crippen LogP contribution is -2.52. The van der Waals surface area contributed by atoms with Gasteiger partial charge in [-0.1, -0.05) is 24.3 Å². The van der Waals surface area contributed by atoms with Crippen LogP contribution in [0.15, 0.2) is 36.9 Å². The highest BCUT2D eigenvalue weighted by molar-refractivity contribution is 5.78. The zero-order chi connectivity index (χ0) is 19.3. The molecule has 0 aliphatic carbocycles. The number of carbonyl (C=O) groups excluding carboxylic acids is 2. The van der Waals surface area contributed by atoms with Crippen molar-refractivity contribution in [2.45, 2.75) is 38.5 Å². The highest BCUT2D eigenvalue weighted by atomic mass is 16.5. The number of piperidine rings is 2. The Morgan fingerprint density at radius 2 is 2.00 bits per heavy atom. The molecule has 2 aliphatic rings. The van der Waals surface area contributed by atoms with Gasteiger partial charge in [0.25, 0.3) is 0 Å². The zero-order valence-corrected chi connectivity index (χ0v) is 16.3. The summed E-state index contributed by atoms with van der Waals surface area (Å²) in [5.74, 6) is 1.29. The summed E-state index contributed by atoms with van der Waals surface area (Å²) < 4.78 is 5.37. The normalized spacial score (nSPS) is 19.2. The van der Waals surface area contributed by atoms with Crippen LogP contribution in [0.1, 0.15) is 37.7 Å². The summed E-state index contributed by atoms with van der Waals surface area (Å²) in [7, 11) is 1.66.